The Morgan fingerprint density at radius 1 is 1.00 bits per heavy atom. The molecule has 0 saturated carbocycles. The van der Waals surface area contributed by atoms with Gasteiger partial charge in [0.1, 0.15) is 17.9 Å². The smallest absolute Gasteiger partial charge is 0.255 e. The Hall–Kier alpha value is -3.27. The van der Waals surface area contributed by atoms with E-state index in [-0.39, 0.29) is 24.3 Å². The third kappa shape index (κ3) is 5.44. The molecule has 2 aromatic rings. The number of rotatable bonds is 8. The van der Waals surface area contributed by atoms with Crippen LogP contribution >= 0.6 is 0 Å². The van der Waals surface area contributed by atoms with E-state index in [4.69, 9.17) is 9.47 Å². The van der Waals surface area contributed by atoms with E-state index < -0.39 is 11.9 Å². The Kier molecular flexibility index (Phi) is 7.38. The summed E-state index contributed by atoms with van der Waals surface area (Å²) in [6.45, 7) is 7.67. The van der Waals surface area contributed by atoms with Gasteiger partial charge in [0, 0.05) is 63.9 Å². The van der Waals surface area contributed by atoms with E-state index in [0.29, 0.717) is 30.7 Å². The summed E-state index contributed by atoms with van der Waals surface area (Å²) in [5, 5.41) is 2.36. The van der Waals surface area contributed by atoms with Crippen LogP contribution in [0, 0.1) is 0 Å². The van der Waals surface area contributed by atoms with Gasteiger partial charge in [0.2, 0.25) is 11.8 Å². The fourth-order valence-corrected chi connectivity index (χ4v) is 6.37. The molecular weight excluding hydrogens is 496 g/mol. The summed E-state index contributed by atoms with van der Waals surface area (Å²) in [5.41, 5.74) is 2.75. The molecule has 0 aromatic heterocycles. The predicted octanol–water partition coefficient (Wildman–Crippen LogP) is 2.19. The highest BCUT2D eigenvalue weighted by molar-refractivity contribution is 6.05. The van der Waals surface area contributed by atoms with E-state index in [9.17, 15) is 14.4 Å². The summed E-state index contributed by atoms with van der Waals surface area (Å²) in [6, 6.07) is 15.8. The molecule has 4 aliphatic rings. The Balaban J connectivity index is 1.16. The molecule has 3 atom stereocenters. The van der Waals surface area contributed by atoms with Gasteiger partial charge in [-0.25, -0.2) is 0 Å². The molecule has 0 radical (unpaired) electrons. The molecule has 1 unspecified atom stereocenters. The Morgan fingerprint density at radius 3 is 2.59 bits per heavy atom. The fourth-order valence-electron chi connectivity index (χ4n) is 6.37. The average molecular weight is 533 g/mol. The van der Waals surface area contributed by atoms with E-state index in [1.54, 1.807) is 4.90 Å². The summed E-state index contributed by atoms with van der Waals surface area (Å²) in [6.07, 6.45) is 1.89. The lowest BCUT2D eigenvalue weighted by Gasteiger charge is -2.49. The first kappa shape index (κ1) is 26.0. The van der Waals surface area contributed by atoms with Crippen LogP contribution in [0.15, 0.2) is 48.5 Å². The van der Waals surface area contributed by atoms with Crippen LogP contribution < -0.4 is 10.1 Å². The van der Waals surface area contributed by atoms with Crippen molar-refractivity contribution in [3.63, 3.8) is 0 Å². The summed E-state index contributed by atoms with van der Waals surface area (Å²) >= 11 is 0. The second kappa shape index (κ2) is 11.1. The molecule has 9 heteroatoms. The van der Waals surface area contributed by atoms with E-state index in [2.05, 4.69) is 39.4 Å². The standard InChI is InChI=1S/C30H36N4O5/c1-2-38-23-17-33(18-23)25-12-13-32(15-20-6-4-3-5-7-20)19-27(25)39-22-8-9-24-21(14-22)16-34(30(24)37)26-10-11-28(35)31-29(26)36/h3-9,14,23,25-27H,2,10-13,15-19H2,1H3,(H,31,35,36)/t25-,26?,27-/m1/s1. The topological polar surface area (TPSA) is 91.4 Å². The summed E-state index contributed by atoms with van der Waals surface area (Å²) in [7, 11) is 0. The van der Waals surface area contributed by atoms with Crippen molar-refractivity contribution in [1.82, 2.24) is 20.0 Å². The van der Waals surface area contributed by atoms with E-state index in [0.717, 1.165) is 57.1 Å². The van der Waals surface area contributed by atoms with Crippen molar-refractivity contribution < 1.29 is 23.9 Å². The molecule has 4 heterocycles. The largest absolute Gasteiger partial charge is 0.487 e. The van der Waals surface area contributed by atoms with Gasteiger partial charge in [-0.2, -0.15) is 0 Å². The molecule has 206 valence electrons. The maximum atomic E-state index is 13.1. The van der Waals surface area contributed by atoms with Gasteiger partial charge in [0.15, 0.2) is 0 Å². The fraction of sp³-hybridized carbons (Fsp3) is 0.500. The number of piperidine rings is 2. The number of carbonyl (C=O) groups is 3. The van der Waals surface area contributed by atoms with Crippen molar-refractivity contribution >= 4 is 17.7 Å². The lowest BCUT2D eigenvalue weighted by Crippen LogP contribution is -2.64. The normalized spacial score (nSPS) is 26.3. The first-order valence-corrected chi connectivity index (χ1v) is 14.0. The molecule has 0 spiro atoms. The third-order valence-corrected chi connectivity index (χ3v) is 8.39. The van der Waals surface area contributed by atoms with Crippen LogP contribution in [0.3, 0.4) is 0 Å². The van der Waals surface area contributed by atoms with Gasteiger partial charge in [-0.3, -0.25) is 29.5 Å². The molecule has 3 amide bonds. The van der Waals surface area contributed by atoms with Gasteiger partial charge >= 0.3 is 0 Å². The molecule has 0 bridgehead atoms. The monoisotopic (exact) mass is 532 g/mol. The van der Waals surface area contributed by atoms with Crippen molar-refractivity contribution in [3.05, 3.63) is 65.2 Å². The molecule has 3 fully saturated rings. The Bertz CT molecular complexity index is 1230. The average Bonchev–Trinajstić information content (AvgIpc) is 3.22. The molecule has 1 N–H and O–H groups in total. The van der Waals surface area contributed by atoms with Gasteiger partial charge in [-0.15, -0.1) is 0 Å². The maximum absolute atomic E-state index is 13.1. The zero-order valence-corrected chi connectivity index (χ0v) is 22.4. The van der Waals surface area contributed by atoms with Crippen molar-refractivity contribution in [2.75, 3.05) is 32.8 Å². The molecule has 4 aliphatic heterocycles. The number of benzene rings is 2. The number of imide groups is 1. The second-order valence-corrected chi connectivity index (χ2v) is 11.0. The minimum absolute atomic E-state index is 0.0218. The number of nitrogens with zero attached hydrogens (tertiary/aromatic N) is 3. The van der Waals surface area contributed by atoms with Crippen molar-refractivity contribution in [3.8, 4) is 5.75 Å². The van der Waals surface area contributed by atoms with Gasteiger partial charge in [0.05, 0.1) is 6.10 Å². The molecule has 0 aliphatic carbocycles. The lowest BCUT2D eigenvalue weighted by atomic mass is 9.95. The number of ether oxygens (including phenoxy) is 2. The first-order valence-electron chi connectivity index (χ1n) is 14.0. The number of nitrogens with one attached hydrogen (secondary N) is 1. The molecule has 3 saturated heterocycles. The van der Waals surface area contributed by atoms with Crippen molar-refractivity contribution in [2.45, 2.75) is 63.6 Å². The van der Waals surface area contributed by atoms with Crippen LogP contribution in [-0.2, 0) is 27.4 Å². The highest BCUT2D eigenvalue weighted by Crippen LogP contribution is 2.32. The number of fused-ring (bicyclic) bond motifs is 1. The van der Waals surface area contributed by atoms with Crippen molar-refractivity contribution in [1.29, 1.82) is 0 Å². The zero-order valence-electron chi connectivity index (χ0n) is 22.4. The number of hydrogen-bond acceptors (Lipinski definition) is 7. The van der Waals surface area contributed by atoms with Gasteiger partial charge in [-0.05, 0) is 49.1 Å². The Labute approximate surface area is 229 Å². The van der Waals surface area contributed by atoms with Crippen LogP contribution in [0.5, 0.6) is 5.75 Å². The van der Waals surface area contributed by atoms with Crippen LogP contribution in [0.1, 0.15) is 47.7 Å². The minimum atomic E-state index is -0.619. The number of likely N-dealkylation sites (tertiary alicyclic amines) is 2. The molecule has 9 nitrogen and oxygen atoms in total. The summed E-state index contributed by atoms with van der Waals surface area (Å²) in [5.74, 6) is -0.107. The highest BCUT2D eigenvalue weighted by Gasteiger charge is 2.42. The number of carbonyl (C=O) groups excluding carboxylic acids is 3. The highest BCUT2D eigenvalue weighted by atomic mass is 16.5. The molecule has 6 rings (SSSR count). The molecule has 2 aromatic carbocycles. The maximum Gasteiger partial charge on any atom is 0.255 e. The quantitative estimate of drug-likeness (QED) is 0.521. The van der Waals surface area contributed by atoms with Gasteiger partial charge in [-0.1, -0.05) is 30.3 Å². The lowest BCUT2D eigenvalue weighted by molar-refractivity contribution is -0.136. The van der Waals surface area contributed by atoms with Gasteiger partial charge < -0.3 is 14.4 Å². The van der Waals surface area contributed by atoms with E-state index in [1.807, 2.05) is 31.2 Å². The predicted molar refractivity (Wildman–Crippen MR) is 144 cm³/mol. The number of hydrogen-bond donors (Lipinski definition) is 1. The molecule has 39 heavy (non-hydrogen) atoms. The van der Waals surface area contributed by atoms with E-state index in [1.165, 1.54) is 5.56 Å². The first-order chi connectivity index (χ1) is 19.0. The SMILES string of the molecule is CCOC1CN([C@@H]2CCN(Cc3ccccc3)C[C@H]2Oc2ccc3c(c2)CN(C2CCC(=O)NC2=O)C3=O)C1. The van der Waals surface area contributed by atoms with Crippen molar-refractivity contribution in [2.24, 2.45) is 0 Å². The molecular formula is C30H36N4O5. The summed E-state index contributed by atoms with van der Waals surface area (Å²) in [4.78, 5) is 43.6. The Morgan fingerprint density at radius 2 is 1.82 bits per heavy atom. The van der Waals surface area contributed by atoms with Crippen LogP contribution in [-0.4, -0.2) is 89.5 Å². The van der Waals surface area contributed by atoms with E-state index >= 15 is 0 Å². The van der Waals surface area contributed by atoms with Crippen LogP contribution in [0.25, 0.3) is 0 Å². The van der Waals surface area contributed by atoms with Crippen LogP contribution in [0.4, 0.5) is 0 Å². The minimum Gasteiger partial charge on any atom is -0.487 e. The van der Waals surface area contributed by atoms with Crippen LogP contribution in [0.2, 0.25) is 0 Å². The zero-order chi connectivity index (χ0) is 26.9. The number of amides is 3. The third-order valence-electron chi connectivity index (χ3n) is 8.39. The second-order valence-electron chi connectivity index (χ2n) is 11.0. The van der Waals surface area contributed by atoms with Gasteiger partial charge in [0.25, 0.3) is 5.91 Å². The summed E-state index contributed by atoms with van der Waals surface area (Å²) < 4.78 is 12.5.